The molecule has 0 unspecified atom stereocenters. The van der Waals surface area contributed by atoms with Crippen LogP contribution in [0.2, 0.25) is 0 Å². The highest BCUT2D eigenvalue weighted by Crippen LogP contribution is 2.22. The number of aliphatic hydroxyl groups is 3. The average Bonchev–Trinajstić information content (AvgIpc) is 3.06. The van der Waals surface area contributed by atoms with Gasteiger partial charge in [0.05, 0.1) is 12.7 Å². The summed E-state index contributed by atoms with van der Waals surface area (Å²) in [5, 5.41) is 30.3. The van der Waals surface area contributed by atoms with Crippen LogP contribution in [0.1, 0.15) is 181 Å². The van der Waals surface area contributed by atoms with E-state index in [-0.39, 0.29) is 25.6 Å². The first-order chi connectivity index (χ1) is 22.8. The molecule has 9 nitrogen and oxygen atoms in total. The molecule has 0 amide bonds. The van der Waals surface area contributed by atoms with E-state index >= 15 is 0 Å². The second kappa shape index (κ2) is 29.6. The SMILES string of the molecule is CCCCCCCCCCCCCCCCCC(=O)OC[C@H](CO[C@@H]1O[C@H](C)[C@H](O)[C@H](O)[C@H]1O)OC(=O)CCCCCCCCCC. The summed E-state index contributed by atoms with van der Waals surface area (Å²) in [4.78, 5) is 25.0. The highest BCUT2D eigenvalue weighted by Gasteiger charge is 2.42. The Morgan fingerprint density at radius 1 is 0.553 bits per heavy atom. The molecule has 0 spiro atoms. The summed E-state index contributed by atoms with van der Waals surface area (Å²) < 4.78 is 22.2. The van der Waals surface area contributed by atoms with Crippen LogP contribution in [0.25, 0.3) is 0 Å². The fourth-order valence-corrected chi connectivity index (χ4v) is 6.02. The third-order valence-corrected chi connectivity index (χ3v) is 9.20. The Kier molecular flexibility index (Phi) is 27.6. The van der Waals surface area contributed by atoms with Crippen molar-refractivity contribution in [3.63, 3.8) is 0 Å². The Hall–Kier alpha value is -1.26. The lowest BCUT2D eigenvalue weighted by molar-refractivity contribution is -0.297. The highest BCUT2D eigenvalue weighted by atomic mass is 16.7. The van der Waals surface area contributed by atoms with Crippen LogP contribution in [0.5, 0.6) is 0 Å². The fourth-order valence-electron chi connectivity index (χ4n) is 6.02. The van der Waals surface area contributed by atoms with E-state index in [0.717, 1.165) is 38.5 Å². The molecular formula is C38H72O9. The molecule has 1 fully saturated rings. The van der Waals surface area contributed by atoms with E-state index in [1.165, 1.54) is 109 Å². The molecule has 1 rings (SSSR count). The Balaban J connectivity index is 2.30. The second-order valence-corrected chi connectivity index (χ2v) is 13.7. The third kappa shape index (κ3) is 22.9. The van der Waals surface area contributed by atoms with E-state index in [0.29, 0.717) is 6.42 Å². The van der Waals surface area contributed by atoms with E-state index in [1.54, 1.807) is 6.92 Å². The number of carbonyl (C=O) groups excluding carboxylic acids is 2. The number of unbranched alkanes of at least 4 members (excludes halogenated alkanes) is 21. The molecule has 9 heteroatoms. The molecule has 278 valence electrons. The van der Waals surface area contributed by atoms with Crippen LogP contribution in [-0.2, 0) is 28.5 Å². The van der Waals surface area contributed by atoms with E-state index in [4.69, 9.17) is 18.9 Å². The Morgan fingerprint density at radius 3 is 1.40 bits per heavy atom. The van der Waals surface area contributed by atoms with Crippen molar-refractivity contribution in [2.75, 3.05) is 13.2 Å². The lowest BCUT2D eigenvalue weighted by Gasteiger charge is -2.39. The van der Waals surface area contributed by atoms with Crippen LogP contribution in [0, 0.1) is 0 Å². The minimum atomic E-state index is -1.47. The van der Waals surface area contributed by atoms with E-state index in [2.05, 4.69) is 13.8 Å². The predicted molar refractivity (Wildman–Crippen MR) is 186 cm³/mol. The van der Waals surface area contributed by atoms with Crippen LogP contribution in [0.15, 0.2) is 0 Å². The molecule has 47 heavy (non-hydrogen) atoms. The van der Waals surface area contributed by atoms with Gasteiger partial charge in [0.2, 0.25) is 0 Å². The minimum absolute atomic E-state index is 0.162. The lowest BCUT2D eigenvalue weighted by Crippen LogP contribution is -2.57. The Labute approximate surface area is 286 Å². The van der Waals surface area contributed by atoms with Gasteiger partial charge in [-0.3, -0.25) is 9.59 Å². The van der Waals surface area contributed by atoms with E-state index in [1.807, 2.05) is 0 Å². The molecular weight excluding hydrogens is 600 g/mol. The zero-order chi connectivity index (χ0) is 34.5. The van der Waals surface area contributed by atoms with Gasteiger partial charge >= 0.3 is 11.9 Å². The monoisotopic (exact) mass is 673 g/mol. The summed E-state index contributed by atoms with van der Waals surface area (Å²) in [6.45, 7) is 5.67. The molecule has 0 aliphatic carbocycles. The maximum absolute atomic E-state index is 12.6. The summed E-state index contributed by atoms with van der Waals surface area (Å²) in [6.07, 6.45) is 21.3. The molecule has 0 aromatic carbocycles. The van der Waals surface area contributed by atoms with Gasteiger partial charge in [-0.25, -0.2) is 0 Å². The molecule has 1 aliphatic heterocycles. The molecule has 0 aromatic rings. The van der Waals surface area contributed by atoms with Crippen molar-refractivity contribution in [2.24, 2.45) is 0 Å². The quantitative estimate of drug-likeness (QED) is 0.0494. The van der Waals surface area contributed by atoms with Crippen LogP contribution < -0.4 is 0 Å². The number of carbonyl (C=O) groups is 2. The largest absolute Gasteiger partial charge is 0.462 e. The molecule has 0 saturated carbocycles. The van der Waals surface area contributed by atoms with Gasteiger partial charge in [-0.2, -0.15) is 0 Å². The van der Waals surface area contributed by atoms with Crippen LogP contribution in [0.3, 0.4) is 0 Å². The molecule has 0 radical (unpaired) electrons. The third-order valence-electron chi connectivity index (χ3n) is 9.20. The average molecular weight is 673 g/mol. The first-order valence-corrected chi connectivity index (χ1v) is 19.5. The van der Waals surface area contributed by atoms with Crippen molar-refractivity contribution < 1.29 is 43.9 Å². The molecule has 1 saturated heterocycles. The van der Waals surface area contributed by atoms with E-state index < -0.39 is 42.8 Å². The van der Waals surface area contributed by atoms with Gasteiger partial charge in [0.1, 0.15) is 24.9 Å². The maximum atomic E-state index is 12.6. The van der Waals surface area contributed by atoms with Crippen LogP contribution >= 0.6 is 0 Å². The predicted octanol–water partition coefficient (Wildman–Crippen LogP) is 8.08. The van der Waals surface area contributed by atoms with Crippen molar-refractivity contribution in [3.8, 4) is 0 Å². The first kappa shape index (κ1) is 43.8. The van der Waals surface area contributed by atoms with Crippen molar-refractivity contribution in [1.29, 1.82) is 0 Å². The molecule has 1 aliphatic rings. The summed E-state index contributed by atoms with van der Waals surface area (Å²) in [7, 11) is 0. The number of esters is 2. The molecule has 3 N–H and O–H groups in total. The number of hydrogen-bond acceptors (Lipinski definition) is 9. The van der Waals surface area contributed by atoms with Crippen molar-refractivity contribution in [1.82, 2.24) is 0 Å². The van der Waals surface area contributed by atoms with Crippen molar-refractivity contribution in [3.05, 3.63) is 0 Å². The summed E-state index contributed by atoms with van der Waals surface area (Å²) >= 11 is 0. The summed E-state index contributed by atoms with van der Waals surface area (Å²) in [5.74, 6) is -0.734. The molecule has 0 bridgehead atoms. The highest BCUT2D eigenvalue weighted by molar-refractivity contribution is 5.70. The number of rotatable bonds is 31. The standard InChI is InChI=1S/C38H72O9/c1-4-6-8-10-12-14-15-16-17-18-19-20-22-23-25-27-33(39)44-29-32(30-45-38-37(43)36(42)35(41)31(3)46-38)47-34(40)28-26-24-21-13-11-9-7-5-2/h31-32,35-38,41-43H,4-30H2,1-3H3/t31-,32-,35+,36+,37-,38-/m1/s1. The number of hydrogen-bond donors (Lipinski definition) is 3. The van der Waals surface area contributed by atoms with Gasteiger partial charge < -0.3 is 34.3 Å². The van der Waals surface area contributed by atoms with Gasteiger partial charge in [0.15, 0.2) is 12.4 Å². The molecule has 1 heterocycles. The number of ether oxygens (including phenoxy) is 4. The number of aliphatic hydroxyl groups excluding tert-OH is 3. The second-order valence-electron chi connectivity index (χ2n) is 13.7. The van der Waals surface area contributed by atoms with Gasteiger partial charge in [-0.1, -0.05) is 149 Å². The normalized spacial score (nSPS) is 21.9. The van der Waals surface area contributed by atoms with Gasteiger partial charge in [-0.05, 0) is 19.8 Å². The van der Waals surface area contributed by atoms with Crippen molar-refractivity contribution >= 4 is 11.9 Å². The Bertz CT molecular complexity index is 749. The van der Waals surface area contributed by atoms with Crippen LogP contribution in [-0.4, -0.2) is 77.3 Å². The van der Waals surface area contributed by atoms with Gasteiger partial charge in [0.25, 0.3) is 0 Å². The fraction of sp³-hybridized carbons (Fsp3) is 0.947. The van der Waals surface area contributed by atoms with Gasteiger partial charge in [0, 0.05) is 12.8 Å². The molecule has 0 aromatic heterocycles. The topological polar surface area (TPSA) is 132 Å². The first-order valence-electron chi connectivity index (χ1n) is 19.5. The zero-order valence-corrected chi connectivity index (χ0v) is 30.3. The summed E-state index contributed by atoms with van der Waals surface area (Å²) in [5.41, 5.74) is 0. The lowest BCUT2D eigenvalue weighted by atomic mass is 10.0. The van der Waals surface area contributed by atoms with Crippen LogP contribution in [0.4, 0.5) is 0 Å². The smallest absolute Gasteiger partial charge is 0.306 e. The zero-order valence-electron chi connectivity index (χ0n) is 30.3. The Morgan fingerprint density at radius 2 is 0.957 bits per heavy atom. The van der Waals surface area contributed by atoms with Gasteiger partial charge in [-0.15, -0.1) is 0 Å². The van der Waals surface area contributed by atoms with Crippen molar-refractivity contribution in [2.45, 2.75) is 218 Å². The summed E-state index contributed by atoms with van der Waals surface area (Å²) in [6, 6.07) is 0. The molecule has 6 atom stereocenters. The minimum Gasteiger partial charge on any atom is -0.462 e. The van der Waals surface area contributed by atoms with E-state index in [9.17, 15) is 24.9 Å². The maximum Gasteiger partial charge on any atom is 0.306 e.